The van der Waals surface area contributed by atoms with Crippen LogP contribution in [0.15, 0.2) is 36.4 Å². The Kier molecular flexibility index (Phi) is 3.96. The Morgan fingerprint density at radius 1 is 1.00 bits per heavy atom. The number of hydrogen-bond donors (Lipinski definition) is 1. The molecule has 2 N–H and O–H groups in total. The van der Waals surface area contributed by atoms with Crippen molar-refractivity contribution < 1.29 is 0 Å². The van der Waals surface area contributed by atoms with Crippen LogP contribution in [0.25, 0.3) is 11.1 Å². The minimum Gasteiger partial charge on any atom is -0.324 e. The van der Waals surface area contributed by atoms with E-state index in [1.165, 1.54) is 0 Å². The number of halogens is 2. The molecule has 0 radical (unpaired) electrons. The lowest BCUT2D eigenvalue weighted by atomic mass is 9.97. The van der Waals surface area contributed by atoms with E-state index in [9.17, 15) is 0 Å². The standard InChI is InChI=1S/C15H15Cl2N/c1-9-3-5-12(16)8-13(9)14-7-11(10(2)18)4-6-15(14)17/h3-8,10H,18H2,1-2H3. The van der Waals surface area contributed by atoms with Gasteiger partial charge in [-0.3, -0.25) is 0 Å². The second kappa shape index (κ2) is 5.31. The molecule has 0 aliphatic heterocycles. The molecular formula is C15H15Cl2N. The molecule has 0 spiro atoms. The Hall–Kier alpha value is -1.02. The number of benzene rings is 2. The van der Waals surface area contributed by atoms with Gasteiger partial charge in [0.05, 0.1) is 0 Å². The molecule has 2 rings (SSSR count). The van der Waals surface area contributed by atoms with E-state index in [4.69, 9.17) is 28.9 Å². The minimum absolute atomic E-state index is 0.0134. The summed E-state index contributed by atoms with van der Waals surface area (Å²) < 4.78 is 0. The average molecular weight is 280 g/mol. The summed E-state index contributed by atoms with van der Waals surface area (Å²) in [5, 5.41) is 1.42. The number of nitrogens with two attached hydrogens (primary N) is 1. The molecule has 0 fully saturated rings. The molecule has 0 saturated carbocycles. The molecule has 0 aromatic heterocycles. The first kappa shape index (κ1) is 13.4. The van der Waals surface area contributed by atoms with Gasteiger partial charge in [-0.2, -0.15) is 0 Å². The fourth-order valence-corrected chi connectivity index (χ4v) is 2.31. The van der Waals surface area contributed by atoms with Crippen LogP contribution < -0.4 is 5.73 Å². The van der Waals surface area contributed by atoms with E-state index >= 15 is 0 Å². The molecule has 2 aromatic rings. The van der Waals surface area contributed by atoms with Crippen molar-refractivity contribution in [1.82, 2.24) is 0 Å². The highest BCUT2D eigenvalue weighted by Crippen LogP contribution is 2.33. The third-order valence-electron chi connectivity index (χ3n) is 3.01. The van der Waals surface area contributed by atoms with Gasteiger partial charge in [-0.05, 0) is 54.8 Å². The predicted octanol–water partition coefficient (Wildman–Crippen LogP) is 4.99. The third kappa shape index (κ3) is 2.69. The Morgan fingerprint density at radius 3 is 2.39 bits per heavy atom. The van der Waals surface area contributed by atoms with Crippen LogP contribution >= 0.6 is 23.2 Å². The maximum atomic E-state index is 6.28. The van der Waals surface area contributed by atoms with Gasteiger partial charge in [0.25, 0.3) is 0 Å². The van der Waals surface area contributed by atoms with E-state index in [0.29, 0.717) is 10.0 Å². The average Bonchev–Trinajstić information content (AvgIpc) is 2.33. The van der Waals surface area contributed by atoms with Crippen molar-refractivity contribution in [3.8, 4) is 11.1 Å². The van der Waals surface area contributed by atoms with Crippen molar-refractivity contribution >= 4 is 23.2 Å². The lowest BCUT2D eigenvalue weighted by molar-refractivity contribution is 0.819. The summed E-state index contributed by atoms with van der Waals surface area (Å²) in [6.45, 7) is 4.00. The smallest absolute Gasteiger partial charge is 0.0484 e. The highest BCUT2D eigenvalue weighted by Gasteiger charge is 2.10. The molecule has 1 unspecified atom stereocenters. The largest absolute Gasteiger partial charge is 0.324 e. The molecule has 0 aliphatic rings. The second-order valence-electron chi connectivity index (χ2n) is 4.49. The van der Waals surface area contributed by atoms with Crippen LogP contribution in [0.4, 0.5) is 0 Å². The van der Waals surface area contributed by atoms with Crippen molar-refractivity contribution in [3.63, 3.8) is 0 Å². The molecule has 18 heavy (non-hydrogen) atoms. The first-order valence-corrected chi connectivity index (χ1v) is 6.56. The van der Waals surface area contributed by atoms with E-state index in [0.717, 1.165) is 22.3 Å². The van der Waals surface area contributed by atoms with Gasteiger partial charge in [0.1, 0.15) is 0 Å². The van der Waals surface area contributed by atoms with Gasteiger partial charge in [-0.25, -0.2) is 0 Å². The van der Waals surface area contributed by atoms with E-state index in [2.05, 4.69) is 0 Å². The first-order valence-electron chi connectivity index (χ1n) is 5.80. The number of aryl methyl sites for hydroxylation is 1. The first-order chi connectivity index (χ1) is 8.49. The molecule has 1 nitrogen and oxygen atoms in total. The van der Waals surface area contributed by atoms with Gasteiger partial charge in [-0.15, -0.1) is 0 Å². The van der Waals surface area contributed by atoms with Crippen LogP contribution in [0.2, 0.25) is 10.0 Å². The lowest BCUT2D eigenvalue weighted by Crippen LogP contribution is -2.04. The van der Waals surface area contributed by atoms with Crippen molar-refractivity contribution in [3.05, 3.63) is 57.6 Å². The monoisotopic (exact) mass is 279 g/mol. The molecule has 0 aliphatic carbocycles. The Bertz CT molecular complexity index is 577. The minimum atomic E-state index is -0.0134. The van der Waals surface area contributed by atoms with Crippen LogP contribution in [0, 0.1) is 6.92 Å². The molecule has 0 heterocycles. The summed E-state index contributed by atoms with van der Waals surface area (Å²) in [7, 11) is 0. The summed E-state index contributed by atoms with van der Waals surface area (Å²) in [4.78, 5) is 0. The molecule has 1 atom stereocenters. The second-order valence-corrected chi connectivity index (χ2v) is 5.33. The molecular weight excluding hydrogens is 265 g/mol. The van der Waals surface area contributed by atoms with Crippen molar-refractivity contribution in [1.29, 1.82) is 0 Å². The maximum absolute atomic E-state index is 6.28. The molecule has 0 saturated heterocycles. The van der Waals surface area contributed by atoms with Crippen LogP contribution in [0.1, 0.15) is 24.1 Å². The highest BCUT2D eigenvalue weighted by molar-refractivity contribution is 6.34. The summed E-state index contributed by atoms with van der Waals surface area (Å²) in [6.07, 6.45) is 0. The maximum Gasteiger partial charge on any atom is 0.0484 e. The normalized spacial score (nSPS) is 12.5. The highest BCUT2D eigenvalue weighted by atomic mass is 35.5. The number of hydrogen-bond acceptors (Lipinski definition) is 1. The van der Waals surface area contributed by atoms with Gasteiger partial charge in [0.15, 0.2) is 0 Å². The Labute approximate surface area is 118 Å². The SMILES string of the molecule is Cc1ccc(Cl)cc1-c1cc(C(C)N)ccc1Cl. The quantitative estimate of drug-likeness (QED) is 0.824. The van der Waals surface area contributed by atoms with Crippen LogP contribution in [0.5, 0.6) is 0 Å². The Morgan fingerprint density at radius 2 is 1.72 bits per heavy atom. The van der Waals surface area contributed by atoms with E-state index < -0.39 is 0 Å². The topological polar surface area (TPSA) is 26.0 Å². The molecule has 2 aromatic carbocycles. The van der Waals surface area contributed by atoms with E-state index in [1.807, 2.05) is 50.2 Å². The van der Waals surface area contributed by atoms with Crippen molar-refractivity contribution in [2.75, 3.05) is 0 Å². The summed E-state index contributed by atoms with van der Waals surface area (Å²) in [6, 6.07) is 11.7. The summed E-state index contributed by atoms with van der Waals surface area (Å²) in [5.41, 5.74) is 10.1. The van der Waals surface area contributed by atoms with Crippen molar-refractivity contribution in [2.45, 2.75) is 19.9 Å². The lowest BCUT2D eigenvalue weighted by Gasteiger charge is -2.12. The molecule has 3 heteroatoms. The van der Waals surface area contributed by atoms with Crippen molar-refractivity contribution in [2.24, 2.45) is 5.73 Å². The van der Waals surface area contributed by atoms with Gasteiger partial charge in [-0.1, -0.05) is 35.3 Å². The van der Waals surface area contributed by atoms with Gasteiger partial charge < -0.3 is 5.73 Å². The van der Waals surface area contributed by atoms with Crippen LogP contribution in [-0.4, -0.2) is 0 Å². The zero-order valence-corrected chi connectivity index (χ0v) is 11.9. The molecule has 94 valence electrons. The Balaban J connectivity index is 2.62. The predicted molar refractivity (Wildman–Crippen MR) is 79.2 cm³/mol. The van der Waals surface area contributed by atoms with Crippen LogP contribution in [-0.2, 0) is 0 Å². The van der Waals surface area contributed by atoms with Crippen LogP contribution in [0.3, 0.4) is 0 Å². The summed E-state index contributed by atoms with van der Waals surface area (Å²) >= 11 is 12.3. The van der Waals surface area contributed by atoms with Gasteiger partial charge in [0.2, 0.25) is 0 Å². The third-order valence-corrected chi connectivity index (χ3v) is 3.57. The van der Waals surface area contributed by atoms with E-state index in [1.54, 1.807) is 0 Å². The fourth-order valence-electron chi connectivity index (χ4n) is 1.92. The zero-order chi connectivity index (χ0) is 13.3. The van der Waals surface area contributed by atoms with E-state index in [-0.39, 0.29) is 6.04 Å². The number of rotatable bonds is 2. The summed E-state index contributed by atoms with van der Waals surface area (Å²) in [5.74, 6) is 0. The molecule has 0 bridgehead atoms. The molecule has 0 amide bonds. The van der Waals surface area contributed by atoms with Gasteiger partial charge >= 0.3 is 0 Å². The van der Waals surface area contributed by atoms with Gasteiger partial charge in [0, 0.05) is 21.7 Å². The zero-order valence-electron chi connectivity index (χ0n) is 10.4. The fraction of sp³-hybridized carbons (Fsp3) is 0.200.